The van der Waals surface area contributed by atoms with Gasteiger partial charge in [-0.3, -0.25) is 4.79 Å². The van der Waals surface area contributed by atoms with Crippen LogP contribution >= 0.6 is 0 Å². The Morgan fingerprint density at radius 2 is 1.92 bits per heavy atom. The molecule has 26 heavy (non-hydrogen) atoms. The van der Waals surface area contributed by atoms with E-state index >= 15 is 0 Å². The first-order valence-corrected chi connectivity index (χ1v) is 9.02. The smallest absolute Gasteiger partial charge is 0.326 e. The van der Waals surface area contributed by atoms with Crippen LogP contribution in [0.4, 0.5) is 0 Å². The molecule has 2 rings (SSSR count). The Morgan fingerprint density at radius 3 is 2.50 bits per heavy atom. The lowest BCUT2D eigenvalue weighted by Crippen LogP contribution is -2.40. The monoisotopic (exact) mass is 358 g/mol. The van der Waals surface area contributed by atoms with Crippen LogP contribution in [0.5, 0.6) is 0 Å². The molecule has 1 amide bonds. The zero-order valence-electron chi connectivity index (χ0n) is 15.5. The van der Waals surface area contributed by atoms with Crippen LogP contribution in [-0.2, 0) is 4.79 Å². The SMILES string of the molecule is CCCC[C@@H](NC(=O)c1ccc(-c2cn(C(C)CC)nn2)cc1)C(=O)O. The number of amides is 1. The molecule has 2 aromatic rings. The number of hydrogen-bond donors (Lipinski definition) is 2. The fraction of sp³-hybridized carbons (Fsp3) is 0.474. The summed E-state index contributed by atoms with van der Waals surface area (Å²) >= 11 is 0. The van der Waals surface area contributed by atoms with E-state index in [0.717, 1.165) is 30.5 Å². The third-order valence-electron chi connectivity index (χ3n) is 4.45. The van der Waals surface area contributed by atoms with Gasteiger partial charge in [0.1, 0.15) is 11.7 Å². The van der Waals surface area contributed by atoms with Crippen molar-refractivity contribution in [3.05, 3.63) is 36.0 Å². The van der Waals surface area contributed by atoms with Crippen molar-refractivity contribution < 1.29 is 14.7 Å². The lowest BCUT2D eigenvalue weighted by Gasteiger charge is -2.14. The molecule has 1 aromatic carbocycles. The largest absolute Gasteiger partial charge is 0.480 e. The second kappa shape index (κ2) is 9.12. The molecule has 2 N–H and O–H groups in total. The molecule has 0 saturated carbocycles. The van der Waals surface area contributed by atoms with Gasteiger partial charge in [-0.1, -0.05) is 44.0 Å². The van der Waals surface area contributed by atoms with Crippen LogP contribution in [-0.4, -0.2) is 38.0 Å². The first-order chi connectivity index (χ1) is 12.5. The number of nitrogens with zero attached hydrogens (tertiary/aromatic N) is 3. The van der Waals surface area contributed by atoms with Gasteiger partial charge in [-0.15, -0.1) is 5.10 Å². The van der Waals surface area contributed by atoms with Crippen molar-refractivity contribution in [3.63, 3.8) is 0 Å². The molecular formula is C19H26N4O3. The van der Waals surface area contributed by atoms with E-state index in [9.17, 15) is 14.7 Å². The third-order valence-corrected chi connectivity index (χ3v) is 4.45. The summed E-state index contributed by atoms with van der Waals surface area (Å²) in [7, 11) is 0. The van der Waals surface area contributed by atoms with Crippen molar-refractivity contribution in [2.45, 2.75) is 58.5 Å². The summed E-state index contributed by atoms with van der Waals surface area (Å²) in [4.78, 5) is 23.6. The fourth-order valence-corrected chi connectivity index (χ4v) is 2.51. The Labute approximate surface area is 153 Å². The maximum atomic E-state index is 12.3. The number of nitrogens with one attached hydrogen (secondary N) is 1. The zero-order valence-corrected chi connectivity index (χ0v) is 15.5. The average molecular weight is 358 g/mol. The van der Waals surface area contributed by atoms with E-state index in [4.69, 9.17) is 0 Å². The van der Waals surface area contributed by atoms with Crippen LogP contribution in [0.25, 0.3) is 11.3 Å². The number of aromatic nitrogens is 3. The van der Waals surface area contributed by atoms with Gasteiger partial charge in [-0.05, 0) is 31.9 Å². The maximum absolute atomic E-state index is 12.3. The van der Waals surface area contributed by atoms with E-state index in [1.54, 1.807) is 24.3 Å². The van der Waals surface area contributed by atoms with Gasteiger partial charge < -0.3 is 10.4 Å². The van der Waals surface area contributed by atoms with Crippen molar-refractivity contribution in [1.82, 2.24) is 20.3 Å². The second-order valence-corrected chi connectivity index (χ2v) is 6.42. The molecule has 7 nitrogen and oxygen atoms in total. The number of unbranched alkanes of at least 4 members (excludes halogenated alkanes) is 1. The van der Waals surface area contributed by atoms with Crippen molar-refractivity contribution >= 4 is 11.9 Å². The molecule has 0 aliphatic rings. The molecule has 1 heterocycles. The van der Waals surface area contributed by atoms with Crippen LogP contribution in [0.15, 0.2) is 30.5 Å². The van der Waals surface area contributed by atoms with Gasteiger partial charge in [0.25, 0.3) is 5.91 Å². The minimum Gasteiger partial charge on any atom is -0.480 e. The highest BCUT2D eigenvalue weighted by molar-refractivity contribution is 5.96. The van der Waals surface area contributed by atoms with E-state index in [2.05, 4.69) is 29.5 Å². The van der Waals surface area contributed by atoms with Crippen LogP contribution < -0.4 is 5.32 Å². The zero-order chi connectivity index (χ0) is 19.1. The Bertz CT molecular complexity index is 739. The summed E-state index contributed by atoms with van der Waals surface area (Å²) < 4.78 is 1.82. The maximum Gasteiger partial charge on any atom is 0.326 e. The summed E-state index contributed by atoms with van der Waals surface area (Å²) in [6.07, 6.45) is 4.90. The van der Waals surface area contributed by atoms with E-state index in [-0.39, 0.29) is 11.9 Å². The molecule has 0 fully saturated rings. The number of carbonyl (C=O) groups excluding carboxylic acids is 1. The highest BCUT2D eigenvalue weighted by Gasteiger charge is 2.20. The fourth-order valence-electron chi connectivity index (χ4n) is 2.51. The summed E-state index contributed by atoms with van der Waals surface area (Å²) in [5.74, 6) is -1.40. The number of carbonyl (C=O) groups is 2. The molecule has 0 saturated heterocycles. The van der Waals surface area contributed by atoms with E-state index in [0.29, 0.717) is 12.0 Å². The van der Waals surface area contributed by atoms with Crippen LogP contribution in [0.2, 0.25) is 0 Å². The normalized spacial score (nSPS) is 13.2. The van der Waals surface area contributed by atoms with Gasteiger partial charge in [-0.2, -0.15) is 0 Å². The van der Waals surface area contributed by atoms with Gasteiger partial charge in [0.05, 0.1) is 12.2 Å². The Balaban J connectivity index is 2.07. The number of hydrogen-bond acceptors (Lipinski definition) is 4. The van der Waals surface area contributed by atoms with Crippen LogP contribution in [0, 0.1) is 0 Å². The van der Waals surface area contributed by atoms with Crippen molar-refractivity contribution in [1.29, 1.82) is 0 Å². The van der Waals surface area contributed by atoms with Gasteiger partial charge >= 0.3 is 5.97 Å². The Kier molecular flexibility index (Phi) is 6.89. The first-order valence-electron chi connectivity index (χ1n) is 9.02. The summed E-state index contributed by atoms with van der Waals surface area (Å²) in [5, 5.41) is 20.1. The molecule has 0 spiro atoms. The number of aliphatic carboxylic acids is 1. The molecule has 0 aliphatic heterocycles. The third kappa shape index (κ3) is 4.91. The molecule has 1 aromatic heterocycles. The Hall–Kier alpha value is -2.70. The molecule has 0 aliphatic carbocycles. The van der Waals surface area contributed by atoms with Gasteiger partial charge in [0, 0.05) is 11.1 Å². The van der Waals surface area contributed by atoms with Gasteiger partial charge in [0.2, 0.25) is 0 Å². The van der Waals surface area contributed by atoms with E-state index in [1.807, 2.05) is 17.8 Å². The molecular weight excluding hydrogens is 332 g/mol. The van der Waals surface area contributed by atoms with E-state index < -0.39 is 12.0 Å². The van der Waals surface area contributed by atoms with Crippen molar-refractivity contribution in [2.24, 2.45) is 0 Å². The molecule has 7 heteroatoms. The Morgan fingerprint density at radius 1 is 1.23 bits per heavy atom. The second-order valence-electron chi connectivity index (χ2n) is 6.42. The predicted octanol–water partition coefficient (Wildman–Crippen LogP) is 3.29. The highest BCUT2D eigenvalue weighted by atomic mass is 16.4. The lowest BCUT2D eigenvalue weighted by molar-refractivity contribution is -0.139. The summed E-state index contributed by atoms with van der Waals surface area (Å²) in [6, 6.07) is 6.34. The minimum absolute atomic E-state index is 0.275. The standard InChI is InChI=1S/C19H26N4O3/c1-4-6-7-16(19(25)26)20-18(24)15-10-8-14(9-11-15)17-12-23(22-21-17)13(3)5-2/h8-13,16H,4-7H2,1-3H3,(H,20,24)(H,25,26)/t13?,16-/m1/s1. The quantitative estimate of drug-likeness (QED) is 0.717. The molecule has 1 unspecified atom stereocenters. The topological polar surface area (TPSA) is 97.1 Å². The summed E-state index contributed by atoms with van der Waals surface area (Å²) in [5.41, 5.74) is 2.02. The molecule has 2 atom stereocenters. The molecule has 0 radical (unpaired) electrons. The lowest BCUT2D eigenvalue weighted by atomic mass is 10.1. The minimum atomic E-state index is -1.01. The number of rotatable bonds is 9. The van der Waals surface area contributed by atoms with Gasteiger partial charge in [0.15, 0.2) is 0 Å². The summed E-state index contributed by atoms with van der Waals surface area (Å²) in [6.45, 7) is 6.14. The first kappa shape index (κ1) is 19.6. The van der Waals surface area contributed by atoms with Crippen LogP contribution in [0.3, 0.4) is 0 Å². The highest BCUT2D eigenvalue weighted by Crippen LogP contribution is 2.19. The van der Waals surface area contributed by atoms with E-state index in [1.165, 1.54) is 0 Å². The molecule has 140 valence electrons. The number of carboxylic acids is 1. The van der Waals surface area contributed by atoms with Crippen LogP contribution in [0.1, 0.15) is 62.9 Å². The number of carboxylic acid groups (broad SMARTS) is 1. The average Bonchev–Trinajstić information content (AvgIpc) is 3.14. The predicted molar refractivity (Wildman–Crippen MR) is 98.9 cm³/mol. The van der Waals surface area contributed by atoms with Gasteiger partial charge in [-0.25, -0.2) is 9.48 Å². The number of benzene rings is 1. The van der Waals surface area contributed by atoms with Crippen molar-refractivity contribution in [3.8, 4) is 11.3 Å². The molecule has 0 bridgehead atoms. The van der Waals surface area contributed by atoms with Crippen molar-refractivity contribution in [2.75, 3.05) is 0 Å².